The highest BCUT2D eigenvalue weighted by atomic mass is 31.3. The smallest absolute Gasteiger partial charge is 0.383 e. The highest BCUT2D eigenvalue weighted by molar-refractivity contribution is 7.66. The number of phosphoric acid groups is 3. The van der Waals surface area contributed by atoms with Crippen molar-refractivity contribution >= 4 is 40.3 Å². The van der Waals surface area contributed by atoms with Crippen LogP contribution < -0.4 is 5.73 Å². The Labute approximate surface area is 211 Å². The minimum atomic E-state index is -5.55. The van der Waals surface area contributed by atoms with Gasteiger partial charge in [-0.1, -0.05) is 12.0 Å². The van der Waals surface area contributed by atoms with Gasteiger partial charge in [0.1, 0.15) is 30.1 Å². The maximum Gasteiger partial charge on any atom is 0.490 e. The summed E-state index contributed by atoms with van der Waals surface area (Å²) in [5.74, 6) is 5.93. The Hall–Kier alpha value is -1.95. The van der Waals surface area contributed by atoms with E-state index in [4.69, 9.17) is 24.6 Å². The highest BCUT2D eigenvalue weighted by Gasteiger charge is 2.44. The summed E-state index contributed by atoms with van der Waals surface area (Å²) in [5.41, 5.74) is 7.01. The van der Waals surface area contributed by atoms with E-state index in [2.05, 4.69) is 41.5 Å². The third kappa shape index (κ3) is 7.55. The van der Waals surface area contributed by atoms with Crippen molar-refractivity contribution in [2.24, 2.45) is 0 Å². The van der Waals surface area contributed by atoms with Crippen LogP contribution in [0.1, 0.15) is 25.1 Å². The van der Waals surface area contributed by atoms with Crippen LogP contribution in [-0.2, 0) is 40.8 Å². The highest BCUT2D eigenvalue weighted by Crippen LogP contribution is 2.67. The zero-order valence-electron chi connectivity index (χ0n) is 19.6. The van der Waals surface area contributed by atoms with Crippen molar-refractivity contribution in [3.05, 3.63) is 30.7 Å². The van der Waals surface area contributed by atoms with Gasteiger partial charge in [0.2, 0.25) is 0 Å². The molecule has 4 unspecified atom stereocenters. The monoisotopic (exact) mass is 582 g/mol. The fraction of sp³-hybridized carbons (Fsp3) is 0.444. The number of rotatable bonds is 12. The largest absolute Gasteiger partial charge is 0.490 e. The zero-order chi connectivity index (χ0) is 27.4. The minimum absolute atomic E-state index is 0.112. The fourth-order valence-corrected chi connectivity index (χ4v) is 6.71. The van der Waals surface area contributed by atoms with Crippen molar-refractivity contribution in [2.45, 2.75) is 31.8 Å². The van der Waals surface area contributed by atoms with E-state index < -0.39 is 48.5 Å². The van der Waals surface area contributed by atoms with Crippen LogP contribution in [0, 0.1) is 11.8 Å². The number of hydrogen-bond acceptors (Lipinski definition) is 12. The lowest BCUT2D eigenvalue weighted by Gasteiger charge is -2.21. The molecule has 1 aliphatic rings. The normalized spacial score (nSPS) is 24.5. The van der Waals surface area contributed by atoms with E-state index in [0.717, 1.165) is 0 Å². The van der Waals surface area contributed by atoms with Crippen molar-refractivity contribution in [1.29, 1.82) is 0 Å². The third-order valence-electron chi connectivity index (χ3n) is 4.86. The Morgan fingerprint density at radius 2 is 1.95 bits per heavy atom. The molecule has 1 saturated heterocycles. The lowest BCUT2D eigenvalue weighted by Crippen LogP contribution is -2.29. The van der Waals surface area contributed by atoms with E-state index >= 15 is 0 Å². The van der Waals surface area contributed by atoms with Crippen LogP contribution in [-0.4, -0.2) is 61.7 Å². The molecule has 16 nitrogen and oxygen atoms in total. The van der Waals surface area contributed by atoms with Crippen LogP contribution in [0.15, 0.2) is 25.2 Å². The number of nitrogen functional groups attached to an aromatic ring is 1. The predicted molar refractivity (Wildman–Crippen MR) is 128 cm³/mol. The second kappa shape index (κ2) is 11.8. The molecule has 3 heterocycles. The molecule has 204 valence electrons. The SMILES string of the molecule is C=CCOC1C[C@H](n2cc(C#CC)c3c(N)ncnc32)O[C@@H]1COP(=O)(O)OP(=O)(O)OP(=O)(O)OC. The van der Waals surface area contributed by atoms with Gasteiger partial charge in [0.25, 0.3) is 0 Å². The first-order chi connectivity index (χ1) is 17.3. The first kappa shape index (κ1) is 29.6. The molecule has 0 spiro atoms. The molecular formula is C18H25N4O12P3. The minimum Gasteiger partial charge on any atom is -0.383 e. The molecule has 0 radical (unpaired) electrons. The van der Waals surface area contributed by atoms with Crippen molar-refractivity contribution in [3.63, 3.8) is 0 Å². The molecule has 0 aromatic carbocycles. The standard InChI is InChI=1S/C18H25N4O12P3/c1-4-6-12-9-22(18-16(12)17(19)20-11-21-18)15-8-13(30-7-5-2)14(32-15)10-31-36(25,26)34-37(27,28)33-35(23,24)29-3/h5,9,11,13-15H,2,7-8,10H2,1,3H3,(H,23,24)(H,25,26)(H,27,28)(H2,19,20,21)/t13?,14-,15-/m1/s1. The van der Waals surface area contributed by atoms with Gasteiger partial charge in [0, 0.05) is 19.7 Å². The van der Waals surface area contributed by atoms with E-state index in [1.807, 2.05) is 0 Å². The van der Waals surface area contributed by atoms with E-state index in [1.165, 1.54) is 12.4 Å². The zero-order valence-corrected chi connectivity index (χ0v) is 22.3. The summed E-state index contributed by atoms with van der Waals surface area (Å²) in [5, 5.41) is 0.521. The van der Waals surface area contributed by atoms with Gasteiger partial charge in [0.05, 0.1) is 30.3 Å². The quantitative estimate of drug-likeness (QED) is 0.160. The van der Waals surface area contributed by atoms with Crippen LogP contribution >= 0.6 is 23.5 Å². The summed E-state index contributed by atoms with van der Waals surface area (Å²) < 4.78 is 65.5. The fourth-order valence-electron chi connectivity index (χ4n) is 3.45. The molecule has 0 bridgehead atoms. The van der Waals surface area contributed by atoms with E-state index in [-0.39, 0.29) is 18.8 Å². The van der Waals surface area contributed by atoms with Crippen LogP contribution in [0.25, 0.3) is 11.0 Å². The second-order valence-electron chi connectivity index (χ2n) is 7.36. The molecule has 0 aliphatic carbocycles. The summed E-state index contributed by atoms with van der Waals surface area (Å²) in [6.07, 6.45) is 2.29. The number of ether oxygens (including phenoxy) is 2. The molecule has 3 rings (SSSR count). The molecule has 0 amide bonds. The van der Waals surface area contributed by atoms with Crippen LogP contribution in [0.5, 0.6) is 0 Å². The molecule has 6 atom stereocenters. The molecule has 1 aliphatic heterocycles. The van der Waals surface area contributed by atoms with Gasteiger partial charge in [-0.3, -0.25) is 9.05 Å². The molecule has 37 heavy (non-hydrogen) atoms. The average Bonchev–Trinajstić information content (AvgIpc) is 3.37. The van der Waals surface area contributed by atoms with Crippen LogP contribution in [0.2, 0.25) is 0 Å². The Kier molecular flexibility index (Phi) is 9.47. The second-order valence-corrected chi connectivity index (χ2v) is 12.1. The first-order valence-corrected chi connectivity index (χ1v) is 14.8. The van der Waals surface area contributed by atoms with Crippen LogP contribution in [0.4, 0.5) is 5.82 Å². The van der Waals surface area contributed by atoms with Gasteiger partial charge in [-0.05, 0) is 6.92 Å². The number of fused-ring (bicyclic) bond motifs is 1. The van der Waals surface area contributed by atoms with Crippen molar-refractivity contribution < 1.29 is 55.5 Å². The average molecular weight is 582 g/mol. The number of phosphoric ester groups is 2. The molecule has 1 fully saturated rings. The number of anilines is 1. The van der Waals surface area contributed by atoms with Gasteiger partial charge in [-0.2, -0.15) is 8.62 Å². The molecule has 5 N–H and O–H groups in total. The van der Waals surface area contributed by atoms with Gasteiger partial charge in [-0.25, -0.2) is 23.7 Å². The maximum atomic E-state index is 12.2. The Balaban J connectivity index is 1.79. The molecule has 19 heteroatoms. The number of hydrogen-bond donors (Lipinski definition) is 4. The lowest BCUT2D eigenvalue weighted by atomic mass is 10.2. The van der Waals surface area contributed by atoms with E-state index in [1.54, 1.807) is 17.7 Å². The van der Waals surface area contributed by atoms with Gasteiger partial charge < -0.3 is 34.5 Å². The van der Waals surface area contributed by atoms with Crippen LogP contribution in [0.3, 0.4) is 0 Å². The lowest BCUT2D eigenvalue weighted by molar-refractivity contribution is -0.0550. The molecule has 2 aromatic rings. The molecular weight excluding hydrogens is 557 g/mol. The summed E-state index contributed by atoms with van der Waals surface area (Å²) in [7, 11) is -15.2. The van der Waals surface area contributed by atoms with Crippen molar-refractivity contribution in [1.82, 2.24) is 14.5 Å². The molecule has 0 saturated carbocycles. The van der Waals surface area contributed by atoms with E-state index in [9.17, 15) is 23.5 Å². The number of nitrogens with two attached hydrogens (primary N) is 1. The Morgan fingerprint density at radius 1 is 1.24 bits per heavy atom. The van der Waals surface area contributed by atoms with Crippen molar-refractivity contribution in [2.75, 3.05) is 26.1 Å². The summed E-state index contributed by atoms with van der Waals surface area (Å²) in [6, 6.07) is 0. The summed E-state index contributed by atoms with van der Waals surface area (Å²) >= 11 is 0. The van der Waals surface area contributed by atoms with Gasteiger partial charge in [0.15, 0.2) is 0 Å². The predicted octanol–water partition coefficient (Wildman–Crippen LogP) is 2.24. The third-order valence-corrected chi connectivity index (χ3v) is 9.10. The maximum absolute atomic E-state index is 12.2. The summed E-state index contributed by atoms with van der Waals surface area (Å²) in [6.45, 7) is 4.70. The molecule has 2 aromatic heterocycles. The summed E-state index contributed by atoms with van der Waals surface area (Å²) in [4.78, 5) is 36.8. The topological polar surface area (TPSA) is 224 Å². The van der Waals surface area contributed by atoms with Gasteiger partial charge >= 0.3 is 23.5 Å². The number of aromatic nitrogens is 3. The Bertz CT molecular complexity index is 1350. The first-order valence-electron chi connectivity index (χ1n) is 10.3. The number of nitrogens with zero attached hydrogens (tertiary/aromatic N) is 3. The van der Waals surface area contributed by atoms with Gasteiger partial charge in [-0.15, -0.1) is 12.5 Å². The van der Waals surface area contributed by atoms with Crippen molar-refractivity contribution in [3.8, 4) is 11.8 Å². The Morgan fingerprint density at radius 3 is 2.59 bits per heavy atom. The van der Waals surface area contributed by atoms with E-state index in [0.29, 0.717) is 23.7 Å².